The van der Waals surface area contributed by atoms with Gasteiger partial charge in [-0.05, 0) is 56.0 Å². The van der Waals surface area contributed by atoms with Crippen LogP contribution in [-0.2, 0) is 17.6 Å². The maximum atomic E-state index is 5.68. The van der Waals surface area contributed by atoms with Crippen LogP contribution in [0.3, 0.4) is 0 Å². The van der Waals surface area contributed by atoms with Crippen molar-refractivity contribution in [1.29, 1.82) is 0 Å². The fourth-order valence-electron chi connectivity index (χ4n) is 3.53. The zero-order valence-corrected chi connectivity index (χ0v) is 18.7. The number of aliphatic imine (C=N–C) groups is 1. The Morgan fingerprint density at radius 3 is 2.81 bits per heavy atom. The van der Waals surface area contributed by atoms with Crippen molar-refractivity contribution in [2.75, 3.05) is 46.6 Å². The number of nitrogens with one attached hydrogen (secondary N) is 2. The number of methoxy groups -OCH3 is 1. The molecule has 1 atom stereocenters. The van der Waals surface area contributed by atoms with Gasteiger partial charge in [-0.15, -0.1) is 0 Å². The van der Waals surface area contributed by atoms with Gasteiger partial charge >= 0.3 is 0 Å². The van der Waals surface area contributed by atoms with Crippen molar-refractivity contribution in [3.05, 3.63) is 47.9 Å². The highest BCUT2D eigenvalue weighted by atomic mass is 16.5. The van der Waals surface area contributed by atoms with Gasteiger partial charge in [-0.1, -0.05) is 6.07 Å². The van der Waals surface area contributed by atoms with E-state index in [9.17, 15) is 0 Å². The van der Waals surface area contributed by atoms with Gasteiger partial charge in [0.05, 0.1) is 26.6 Å². The highest BCUT2D eigenvalue weighted by molar-refractivity contribution is 5.79. The van der Waals surface area contributed by atoms with E-state index in [1.807, 2.05) is 25.1 Å². The Morgan fingerprint density at radius 1 is 1.16 bits per heavy atom. The van der Waals surface area contributed by atoms with Crippen molar-refractivity contribution in [1.82, 2.24) is 10.6 Å². The lowest BCUT2D eigenvalue weighted by atomic mass is 10.1. The smallest absolute Gasteiger partial charge is 0.191 e. The number of aryl methyl sites for hydroxylation is 1. The van der Waals surface area contributed by atoms with Crippen molar-refractivity contribution in [2.45, 2.75) is 32.6 Å². The van der Waals surface area contributed by atoms with Gasteiger partial charge in [-0.25, -0.2) is 0 Å². The molecule has 1 unspecified atom stereocenters. The third-order valence-electron chi connectivity index (χ3n) is 5.24. The summed E-state index contributed by atoms with van der Waals surface area (Å²) in [4.78, 5) is 4.78. The van der Waals surface area contributed by atoms with Crippen molar-refractivity contribution >= 4 is 5.96 Å². The molecule has 0 amide bonds. The molecule has 1 saturated heterocycles. The Kier molecular flexibility index (Phi) is 9.57. The molecule has 1 aromatic heterocycles. The van der Waals surface area contributed by atoms with E-state index in [-0.39, 0.29) is 0 Å². The van der Waals surface area contributed by atoms with Crippen LogP contribution in [0.25, 0.3) is 0 Å². The van der Waals surface area contributed by atoms with E-state index in [4.69, 9.17) is 23.6 Å². The fourth-order valence-corrected chi connectivity index (χ4v) is 3.53. The molecule has 0 radical (unpaired) electrons. The first-order valence-corrected chi connectivity index (χ1v) is 11.2. The normalized spacial score (nSPS) is 16.3. The first-order chi connectivity index (χ1) is 15.3. The topological polar surface area (TPSA) is 77.2 Å². The number of hydrogen-bond acceptors (Lipinski definition) is 5. The third-order valence-corrected chi connectivity index (χ3v) is 5.24. The number of furan rings is 1. The Labute approximate surface area is 185 Å². The summed E-state index contributed by atoms with van der Waals surface area (Å²) < 4.78 is 21.9. The maximum Gasteiger partial charge on any atom is 0.191 e. The van der Waals surface area contributed by atoms with Gasteiger partial charge in [0.2, 0.25) is 0 Å². The zero-order valence-electron chi connectivity index (χ0n) is 18.7. The van der Waals surface area contributed by atoms with Gasteiger partial charge in [-0.3, -0.25) is 4.99 Å². The van der Waals surface area contributed by atoms with Gasteiger partial charge in [0.25, 0.3) is 0 Å². The van der Waals surface area contributed by atoms with Gasteiger partial charge in [0.15, 0.2) is 17.5 Å². The summed E-state index contributed by atoms with van der Waals surface area (Å²) in [6, 6.07) is 10.0. The van der Waals surface area contributed by atoms with E-state index in [2.05, 4.69) is 22.8 Å². The van der Waals surface area contributed by atoms with Crippen LogP contribution in [-0.4, -0.2) is 52.5 Å². The largest absolute Gasteiger partial charge is 0.493 e. The van der Waals surface area contributed by atoms with Crippen LogP contribution in [0.2, 0.25) is 0 Å². The molecule has 31 heavy (non-hydrogen) atoms. The number of ether oxygens (including phenoxy) is 3. The van der Waals surface area contributed by atoms with Gasteiger partial charge in [-0.2, -0.15) is 0 Å². The molecule has 1 aromatic carbocycles. The van der Waals surface area contributed by atoms with Crippen LogP contribution in [0, 0.1) is 5.92 Å². The fraction of sp³-hybridized carbons (Fsp3) is 0.542. The molecule has 2 N–H and O–H groups in total. The highest BCUT2D eigenvalue weighted by Gasteiger charge is 2.15. The van der Waals surface area contributed by atoms with Crippen molar-refractivity contribution in [3.63, 3.8) is 0 Å². The maximum absolute atomic E-state index is 5.68. The zero-order chi connectivity index (χ0) is 21.7. The van der Waals surface area contributed by atoms with Gasteiger partial charge < -0.3 is 29.3 Å². The van der Waals surface area contributed by atoms with Crippen molar-refractivity contribution < 1.29 is 18.6 Å². The predicted molar refractivity (Wildman–Crippen MR) is 122 cm³/mol. The van der Waals surface area contributed by atoms with Crippen LogP contribution < -0.4 is 20.1 Å². The summed E-state index contributed by atoms with van der Waals surface area (Å²) in [5.41, 5.74) is 1.23. The first-order valence-electron chi connectivity index (χ1n) is 11.2. The standard InChI is InChI=1S/C24H35N3O4/c1-3-30-23-16-19(8-9-22(23)28-2)6-4-12-25-24(27-17-20-11-15-29-18-20)26-13-10-21-7-5-14-31-21/h5,7-9,14,16,20H,3-4,6,10-13,15,17-18H2,1-2H3,(H2,25,26,27). The minimum atomic E-state index is 0.514. The van der Waals surface area contributed by atoms with E-state index in [0.717, 1.165) is 81.8 Å². The molecular formula is C24H35N3O4. The highest BCUT2D eigenvalue weighted by Crippen LogP contribution is 2.28. The molecule has 2 aromatic rings. The average Bonchev–Trinajstić information content (AvgIpc) is 3.49. The third kappa shape index (κ3) is 7.83. The molecule has 2 heterocycles. The van der Waals surface area contributed by atoms with E-state index >= 15 is 0 Å². The van der Waals surface area contributed by atoms with E-state index in [1.54, 1.807) is 13.4 Å². The molecule has 7 heteroatoms. The molecule has 0 aliphatic carbocycles. The van der Waals surface area contributed by atoms with Crippen molar-refractivity contribution in [2.24, 2.45) is 10.9 Å². The summed E-state index contributed by atoms with van der Waals surface area (Å²) in [5, 5.41) is 6.89. The average molecular weight is 430 g/mol. The summed E-state index contributed by atoms with van der Waals surface area (Å²) in [7, 11) is 1.67. The summed E-state index contributed by atoms with van der Waals surface area (Å²) in [6.07, 6.45) is 5.56. The van der Waals surface area contributed by atoms with Gasteiger partial charge in [0.1, 0.15) is 5.76 Å². The lowest BCUT2D eigenvalue weighted by Crippen LogP contribution is -2.39. The van der Waals surface area contributed by atoms with Crippen LogP contribution in [0.15, 0.2) is 46.0 Å². The summed E-state index contributed by atoms with van der Waals surface area (Å²) >= 11 is 0. The lowest BCUT2D eigenvalue weighted by Gasteiger charge is -2.14. The molecule has 0 spiro atoms. The molecule has 1 aliphatic heterocycles. The second-order valence-corrected chi connectivity index (χ2v) is 7.62. The van der Waals surface area contributed by atoms with Gasteiger partial charge in [0, 0.05) is 38.6 Å². The second kappa shape index (κ2) is 12.9. The molecule has 0 bridgehead atoms. The molecular weight excluding hydrogens is 394 g/mol. The molecule has 1 aliphatic rings. The number of hydrogen-bond donors (Lipinski definition) is 2. The number of guanidine groups is 1. The van der Waals surface area contributed by atoms with E-state index in [1.165, 1.54) is 5.56 Å². The Hall–Kier alpha value is -2.67. The van der Waals surface area contributed by atoms with Crippen LogP contribution in [0.4, 0.5) is 0 Å². The molecule has 170 valence electrons. The number of rotatable bonds is 12. The molecule has 0 saturated carbocycles. The second-order valence-electron chi connectivity index (χ2n) is 7.62. The van der Waals surface area contributed by atoms with Crippen molar-refractivity contribution in [3.8, 4) is 11.5 Å². The lowest BCUT2D eigenvalue weighted by molar-refractivity contribution is 0.187. The Balaban J connectivity index is 1.46. The van der Waals surface area contributed by atoms with E-state index < -0.39 is 0 Å². The summed E-state index contributed by atoms with van der Waals surface area (Å²) in [6.45, 7) is 6.65. The molecule has 3 rings (SSSR count). The number of benzene rings is 1. The minimum absolute atomic E-state index is 0.514. The summed E-state index contributed by atoms with van der Waals surface area (Å²) in [5.74, 6) is 3.91. The first kappa shape index (κ1) is 23.0. The minimum Gasteiger partial charge on any atom is -0.493 e. The molecule has 7 nitrogen and oxygen atoms in total. The Morgan fingerprint density at radius 2 is 2.06 bits per heavy atom. The van der Waals surface area contributed by atoms with Crippen LogP contribution >= 0.6 is 0 Å². The van der Waals surface area contributed by atoms with Crippen LogP contribution in [0.5, 0.6) is 11.5 Å². The molecule has 1 fully saturated rings. The number of nitrogens with zero attached hydrogens (tertiary/aromatic N) is 1. The Bertz CT molecular complexity index is 786. The van der Waals surface area contributed by atoms with E-state index in [0.29, 0.717) is 12.5 Å². The SMILES string of the molecule is CCOc1cc(CCCNC(=NCC2CCOC2)NCCc2ccco2)ccc1OC. The van der Waals surface area contributed by atoms with Crippen LogP contribution in [0.1, 0.15) is 31.1 Å². The predicted octanol–water partition coefficient (Wildman–Crippen LogP) is 3.43. The monoisotopic (exact) mass is 429 g/mol. The quantitative estimate of drug-likeness (QED) is 0.306.